The average molecular weight is 270 g/mol. The van der Waals surface area contributed by atoms with Crippen molar-refractivity contribution in [1.82, 2.24) is 0 Å². The zero-order valence-electron chi connectivity index (χ0n) is 3.23. The summed E-state index contributed by atoms with van der Waals surface area (Å²) in [6.45, 7) is 0. The van der Waals surface area contributed by atoms with Crippen molar-refractivity contribution in [3.05, 3.63) is 0 Å². The van der Waals surface area contributed by atoms with Crippen LogP contribution in [-0.2, 0) is 4.57 Å². The molecule has 0 aromatic rings. The van der Waals surface area contributed by atoms with Crippen LogP contribution in [-0.4, -0.2) is 48.9 Å². The van der Waals surface area contributed by atoms with Crippen molar-refractivity contribution in [1.29, 1.82) is 0 Å². The Bertz CT molecular complexity index is 57.8. The van der Waals surface area contributed by atoms with Gasteiger partial charge in [0.15, 0.2) is 0 Å². The van der Waals surface area contributed by atoms with Crippen LogP contribution >= 0.6 is 7.82 Å². The van der Waals surface area contributed by atoms with E-state index in [9.17, 15) is 0 Å². The largest absolute Gasteiger partial charge is 2.00 e. The minimum atomic E-state index is -5.39. The molecule has 0 aromatic heterocycles. The van der Waals surface area contributed by atoms with Gasteiger partial charge in [0.25, 0.3) is 0 Å². The smallest absolute Gasteiger partial charge is 0.822 e. The Morgan fingerprint density at radius 2 is 1.14 bits per heavy atom. The molecule has 0 saturated carbocycles. The molecule has 0 bridgehead atoms. The van der Waals surface area contributed by atoms with Gasteiger partial charge in [0.2, 0.25) is 0 Å². The SMILES string of the molecule is O=P([O-])([O-])[O-].[Ba+2].[ClH2+]. The summed E-state index contributed by atoms with van der Waals surface area (Å²) in [5, 5.41) is 0. The third kappa shape index (κ3) is 73.1. The third-order valence-corrected chi connectivity index (χ3v) is 0. The van der Waals surface area contributed by atoms with Crippen LogP contribution in [0.5, 0.6) is 0 Å². The van der Waals surface area contributed by atoms with E-state index in [2.05, 4.69) is 0 Å². The fraction of sp³-hybridized carbons (Fsp3) is 0. The molecule has 0 heterocycles. The summed E-state index contributed by atoms with van der Waals surface area (Å²) < 4.78 is 8.55. The van der Waals surface area contributed by atoms with Crippen molar-refractivity contribution in [2.24, 2.45) is 0 Å². The van der Waals surface area contributed by atoms with Crippen molar-refractivity contribution >= 4 is 56.7 Å². The summed E-state index contributed by atoms with van der Waals surface area (Å²) in [6.07, 6.45) is 0. The summed E-state index contributed by atoms with van der Waals surface area (Å²) in [6, 6.07) is 0. The van der Waals surface area contributed by atoms with E-state index >= 15 is 0 Å². The number of rotatable bonds is 0. The summed E-state index contributed by atoms with van der Waals surface area (Å²) >= 11 is 0. The standard InChI is InChI=1S/Ba.ClH2.H3O4P/c;;1-5(2,3)4/h;1H2;(H3,1,2,3,4)/q+2;+1;/p-3. The van der Waals surface area contributed by atoms with E-state index in [0.29, 0.717) is 0 Å². The summed E-state index contributed by atoms with van der Waals surface area (Å²) in [5.41, 5.74) is 0. The molecular formula is H2BaClO4P. The predicted molar refractivity (Wildman–Crippen MR) is 16.2 cm³/mol. The minimum Gasteiger partial charge on any atom is -0.822 e. The van der Waals surface area contributed by atoms with Gasteiger partial charge in [-0.15, -0.1) is 0 Å². The van der Waals surface area contributed by atoms with Crippen molar-refractivity contribution in [3.63, 3.8) is 0 Å². The summed E-state index contributed by atoms with van der Waals surface area (Å²) in [4.78, 5) is 25.6. The van der Waals surface area contributed by atoms with Gasteiger partial charge in [0, 0.05) is 0 Å². The van der Waals surface area contributed by atoms with E-state index < -0.39 is 7.82 Å². The Hall–Kier alpha value is 1.97. The molecule has 0 radical (unpaired) electrons. The molecule has 4 nitrogen and oxygen atoms in total. The molecule has 0 rings (SSSR count). The Morgan fingerprint density at radius 3 is 1.14 bits per heavy atom. The van der Waals surface area contributed by atoms with Crippen LogP contribution in [0.4, 0.5) is 0 Å². The minimum absolute atomic E-state index is 0. The first-order valence-electron chi connectivity index (χ1n) is 0.730. The first-order chi connectivity index (χ1) is 2.00. The van der Waals surface area contributed by atoms with Crippen LogP contribution in [0.3, 0.4) is 0 Å². The predicted octanol–water partition coefficient (Wildman–Crippen LogP) is -3.74. The van der Waals surface area contributed by atoms with Gasteiger partial charge < -0.3 is 19.2 Å². The zero-order valence-corrected chi connectivity index (χ0v) is 9.46. The second kappa shape index (κ2) is 6.10. The van der Waals surface area contributed by atoms with Crippen molar-refractivity contribution in [3.8, 4) is 0 Å². The van der Waals surface area contributed by atoms with Gasteiger partial charge in [0.1, 0.15) is 0 Å². The van der Waals surface area contributed by atoms with Gasteiger partial charge in [-0.25, -0.2) is 0 Å². The molecule has 0 amide bonds. The van der Waals surface area contributed by atoms with Crippen LogP contribution in [0.1, 0.15) is 0 Å². The van der Waals surface area contributed by atoms with Gasteiger partial charge in [-0.3, -0.25) is 0 Å². The molecule has 0 aliphatic heterocycles. The molecule has 0 aliphatic carbocycles. The van der Waals surface area contributed by atoms with Crippen LogP contribution in [0, 0.1) is 12.4 Å². The van der Waals surface area contributed by atoms with Crippen molar-refractivity contribution in [2.75, 3.05) is 0 Å². The van der Waals surface area contributed by atoms with E-state index in [1.54, 1.807) is 0 Å². The fourth-order valence-corrected chi connectivity index (χ4v) is 0. The third-order valence-electron chi connectivity index (χ3n) is 0. The first-order valence-corrected chi connectivity index (χ1v) is 2.19. The van der Waals surface area contributed by atoms with Gasteiger partial charge in [-0.05, 0) is 0 Å². The molecule has 40 valence electrons. The van der Waals surface area contributed by atoms with Crippen LogP contribution in [0.25, 0.3) is 0 Å². The fourth-order valence-electron chi connectivity index (χ4n) is 0. The molecular weight excluding hydrogens is 268 g/mol. The van der Waals surface area contributed by atoms with E-state index in [1.165, 1.54) is 0 Å². The van der Waals surface area contributed by atoms with Crippen molar-refractivity contribution < 1.29 is 31.7 Å². The molecule has 0 aromatic carbocycles. The molecule has 0 fully saturated rings. The van der Waals surface area contributed by atoms with Crippen LogP contribution in [0.15, 0.2) is 0 Å². The Balaban J connectivity index is -0.0000000800. The molecule has 0 atom stereocenters. The van der Waals surface area contributed by atoms with Crippen LogP contribution in [0.2, 0.25) is 0 Å². The molecule has 7 heavy (non-hydrogen) atoms. The first kappa shape index (κ1) is 16.0. The van der Waals surface area contributed by atoms with Gasteiger partial charge in [-0.1, -0.05) is 0 Å². The molecule has 0 saturated heterocycles. The Kier molecular flexibility index (Phi) is 13.9. The topological polar surface area (TPSA) is 86.2 Å². The normalized spacial score (nSPS) is 8.43. The zero-order chi connectivity index (χ0) is 4.50. The van der Waals surface area contributed by atoms with E-state index in [4.69, 9.17) is 19.2 Å². The molecule has 0 spiro atoms. The van der Waals surface area contributed by atoms with E-state index in [1.807, 2.05) is 0 Å². The maximum atomic E-state index is 8.55. The number of halogens is 1. The van der Waals surface area contributed by atoms with Gasteiger partial charge in [0.05, 0.1) is 12.4 Å². The summed E-state index contributed by atoms with van der Waals surface area (Å²) in [7, 11) is -5.39. The molecule has 7 heteroatoms. The maximum Gasteiger partial charge on any atom is 2.00 e. The van der Waals surface area contributed by atoms with E-state index in [0.717, 1.165) is 0 Å². The van der Waals surface area contributed by atoms with Crippen LogP contribution < -0.4 is 14.7 Å². The quantitative estimate of drug-likeness (QED) is 0.334. The second-order valence-corrected chi connectivity index (χ2v) is 1.34. The average Bonchev–Trinajstić information content (AvgIpc) is 0.722. The molecule has 0 aliphatic rings. The number of phosphoric acid groups is 1. The summed E-state index contributed by atoms with van der Waals surface area (Å²) in [5.74, 6) is 0. The second-order valence-electron chi connectivity index (χ2n) is 0.447. The monoisotopic (exact) mass is 270 g/mol. The number of hydrogen-bond donors (Lipinski definition) is 0. The van der Waals surface area contributed by atoms with Crippen molar-refractivity contribution in [2.45, 2.75) is 0 Å². The number of hydrogen-bond acceptors (Lipinski definition) is 4. The molecule has 0 unspecified atom stereocenters. The Morgan fingerprint density at radius 1 is 1.14 bits per heavy atom. The van der Waals surface area contributed by atoms with E-state index in [-0.39, 0.29) is 61.3 Å². The maximum absolute atomic E-state index is 8.55. The van der Waals surface area contributed by atoms with Gasteiger partial charge in [-0.2, -0.15) is 7.82 Å². The van der Waals surface area contributed by atoms with Gasteiger partial charge >= 0.3 is 48.9 Å². The molecule has 0 N–H and O–H groups in total. The Labute approximate surface area is 87.0 Å².